The Labute approximate surface area is 218 Å². The number of likely N-dealkylation sites (tertiary alicyclic amines) is 1. The molecule has 9 heteroatoms. The number of fused-ring (bicyclic) bond motifs is 1. The van der Waals surface area contributed by atoms with Crippen molar-refractivity contribution < 1.29 is 22.8 Å². The second-order valence-corrected chi connectivity index (χ2v) is 10.5. The van der Waals surface area contributed by atoms with E-state index in [1.165, 1.54) is 0 Å². The topological polar surface area (TPSA) is 42.3 Å². The van der Waals surface area contributed by atoms with Gasteiger partial charge in [-0.25, -0.2) is 0 Å². The fourth-order valence-corrected chi connectivity index (χ4v) is 5.93. The zero-order valence-corrected chi connectivity index (χ0v) is 22.0. The Kier molecular flexibility index (Phi) is 7.19. The molecule has 0 radical (unpaired) electrons. The molecule has 1 saturated heterocycles. The van der Waals surface area contributed by atoms with Crippen LogP contribution in [0.15, 0.2) is 30.5 Å². The molecule has 0 N–H and O–H groups in total. The Balaban J connectivity index is 1.68. The normalized spacial score (nSPS) is 18.6. The van der Waals surface area contributed by atoms with E-state index < -0.39 is 11.7 Å². The van der Waals surface area contributed by atoms with Gasteiger partial charge in [0.25, 0.3) is 5.91 Å². The SMILES string of the molecule is CC(=O)[C@@H]1CCN(C(=O)c2ccc(Cl)c(Cc3cn(C)c4cc(C(F)(F)F)cc(C)c34)c2Cl)C[C@@H]1C. The Morgan fingerprint density at radius 2 is 1.86 bits per heavy atom. The zero-order valence-electron chi connectivity index (χ0n) is 20.5. The molecule has 1 fully saturated rings. The molecule has 3 aromatic rings. The number of benzene rings is 2. The third kappa shape index (κ3) is 4.88. The number of amides is 1. The summed E-state index contributed by atoms with van der Waals surface area (Å²) in [4.78, 5) is 26.9. The quantitative estimate of drug-likeness (QED) is 0.355. The van der Waals surface area contributed by atoms with Crippen LogP contribution in [0.25, 0.3) is 10.9 Å². The molecule has 2 aromatic carbocycles. The number of ketones is 1. The van der Waals surface area contributed by atoms with Gasteiger partial charge in [0.1, 0.15) is 5.78 Å². The number of alkyl halides is 3. The lowest BCUT2D eigenvalue weighted by molar-refractivity contribution is -0.137. The molecule has 4 rings (SSSR count). The summed E-state index contributed by atoms with van der Waals surface area (Å²) in [6, 6.07) is 5.51. The molecule has 4 nitrogen and oxygen atoms in total. The van der Waals surface area contributed by atoms with Crippen LogP contribution in [0.1, 0.15) is 52.9 Å². The van der Waals surface area contributed by atoms with E-state index in [4.69, 9.17) is 23.2 Å². The van der Waals surface area contributed by atoms with Crippen molar-refractivity contribution in [1.29, 1.82) is 0 Å². The number of piperidine rings is 1. The van der Waals surface area contributed by atoms with Crippen LogP contribution in [0.3, 0.4) is 0 Å². The van der Waals surface area contributed by atoms with Gasteiger partial charge in [-0.1, -0.05) is 30.1 Å². The maximum atomic E-state index is 13.4. The van der Waals surface area contributed by atoms with Gasteiger partial charge in [-0.2, -0.15) is 13.2 Å². The highest BCUT2D eigenvalue weighted by Gasteiger charge is 2.33. The molecule has 36 heavy (non-hydrogen) atoms. The van der Waals surface area contributed by atoms with Crippen LogP contribution < -0.4 is 0 Å². The monoisotopic (exact) mass is 538 g/mol. The van der Waals surface area contributed by atoms with Crippen LogP contribution in [0.2, 0.25) is 10.0 Å². The average molecular weight is 539 g/mol. The molecule has 0 spiro atoms. The van der Waals surface area contributed by atoms with Gasteiger partial charge >= 0.3 is 6.18 Å². The van der Waals surface area contributed by atoms with Crippen molar-refractivity contribution in [3.8, 4) is 0 Å². The third-order valence-electron chi connectivity index (χ3n) is 7.19. The number of nitrogens with zero attached hydrogens (tertiary/aromatic N) is 2. The number of aromatic nitrogens is 1. The highest BCUT2D eigenvalue weighted by Crippen LogP contribution is 2.38. The van der Waals surface area contributed by atoms with Crippen molar-refractivity contribution in [3.63, 3.8) is 0 Å². The second-order valence-electron chi connectivity index (χ2n) is 9.75. The zero-order chi connectivity index (χ0) is 26.5. The number of carbonyl (C=O) groups is 2. The molecule has 1 aliphatic rings. The minimum atomic E-state index is -4.44. The maximum absolute atomic E-state index is 13.4. The number of halogens is 5. The smallest absolute Gasteiger partial charge is 0.350 e. The molecule has 1 amide bonds. The first-order valence-corrected chi connectivity index (χ1v) is 12.5. The summed E-state index contributed by atoms with van der Waals surface area (Å²) in [5, 5.41) is 1.31. The Hall–Kier alpha value is -2.51. The summed E-state index contributed by atoms with van der Waals surface area (Å²) in [5.74, 6) is -0.103. The molecule has 0 saturated carbocycles. The van der Waals surface area contributed by atoms with E-state index in [-0.39, 0.29) is 35.0 Å². The van der Waals surface area contributed by atoms with Crippen molar-refractivity contribution in [3.05, 3.63) is 68.3 Å². The Morgan fingerprint density at radius 1 is 1.17 bits per heavy atom. The third-order valence-corrected chi connectivity index (χ3v) is 7.98. The Morgan fingerprint density at radius 3 is 2.47 bits per heavy atom. The minimum absolute atomic E-state index is 0.0472. The van der Waals surface area contributed by atoms with Crippen molar-refractivity contribution in [2.75, 3.05) is 13.1 Å². The summed E-state index contributed by atoms with van der Waals surface area (Å²) in [5.41, 5.74) is 1.88. The summed E-state index contributed by atoms with van der Waals surface area (Å²) >= 11 is 13.2. The van der Waals surface area contributed by atoms with Gasteiger partial charge in [0, 0.05) is 54.6 Å². The van der Waals surface area contributed by atoms with Crippen molar-refractivity contribution in [1.82, 2.24) is 9.47 Å². The number of rotatable bonds is 4. The van der Waals surface area contributed by atoms with Gasteiger partial charge < -0.3 is 9.47 Å². The van der Waals surface area contributed by atoms with Gasteiger partial charge in [-0.3, -0.25) is 9.59 Å². The first-order valence-electron chi connectivity index (χ1n) is 11.7. The molecule has 192 valence electrons. The van der Waals surface area contributed by atoms with E-state index in [9.17, 15) is 22.8 Å². The number of aryl methyl sites for hydroxylation is 2. The Bertz CT molecular complexity index is 1360. The maximum Gasteiger partial charge on any atom is 0.416 e. The van der Waals surface area contributed by atoms with E-state index in [0.29, 0.717) is 52.1 Å². The molecule has 2 heterocycles. The standard InChI is InChI=1S/C27H27Cl2F3N2O2/c1-14-9-18(27(30,31)32)11-23-24(14)17(13-33(23)4)10-21-22(28)6-5-20(25(21)29)26(36)34-8-7-19(16(3)35)15(2)12-34/h5-6,9,11,13,15,19H,7-8,10,12H2,1-4H3/t15-,19+/m0/s1. The molecular formula is C27H27Cl2F3N2O2. The van der Waals surface area contributed by atoms with E-state index in [1.54, 1.807) is 48.7 Å². The first-order chi connectivity index (χ1) is 16.8. The number of carbonyl (C=O) groups excluding carboxylic acids is 2. The number of hydrogen-bond donors (Lipinski definition) is 0. The molecule has 0 aliphatic carbocycles. The number of hydrogen-bond acceptors (Lipinski definition) is 2. The summed E-state index contributed by atoms with van der Waals surface area (Å²) in [6.45, 7) is 6.12. The van der Waals surface area contributed by atoms with E-state index in [1.807, 2.05) is 6.92 Å². The predicted molar refractivity (Wildman–Crippen MR) is 136 cm³/mol. The highest BCUT2D eigenvalue weighted by atomic mass is 35.5. The van der Waals surface area contributed by atoms with Gasteiger partial charge in [-0.05, 0) is 67.1 Å². The summed E-state index contributed by atoms with van der Waals surface area (Å²) < 4.78 is 41.7. The van der Waals surface area contributed by atoms with Crippen LogP contribution in [-0.4, -0.2) is 34.2 Å². The van der Waals surface area contributed by atoms with Gasteiger partial charge in [-0.15, -0.1) is 0 Å². The lowest BCUT2D eigenvalue weighted by atomic mass is 9.84. The predicted octanol–water partition coefficient (Wildman–Crippen LogP) is 7.09. The lowest BCUT2D eigenvalue weighted by Crippen LogP contribution is -2.44. The van der Waals surface area contributed by atoms with Crippen molar-refractivity contribution in [2.24, 2.45) is 18.9 Å². The van der Waals surface area contributed by atoms with E-state index >= 15 is 0 Å². The van der Waals surface area contributed by atoms with Crippen LogP contribution >= 0.6 is 23.2 Å². The molecule has 1 aliphatic heterocycles. The second kappa shape index (κ2) is 9.75. The van der Waals surface area contributed by atoms with Crippen molar-refractivity contribution >= 4 is 45.8 Å². The van der Waals surface area contributed by atoms with Gasteiger partial charge in [0.15, 0.2) is 0 Å². The largest absolute Gasteiger partial charge is 0.416 e. The molecule has 2 atom stereocenters. The molecule has 0 bridgehead atoms. The van der Waals surface area contributed by atoms with E-state index in [2.05, 4.69) is 0 Å². The minimum Gasteiger partial charge on any atom is -0.350 e. The van der Waals surface area contributed by atoms with Crippen LogP contribution in [0.5, 0.6) is 0 Å². The molecule has 0 unspecified atom stereocenters. The fraction of sp³-hybridized carbons (Fsp3) is 0.407. The summed E-state index contributed by atoms with van der Waals surface area (Å²) in [6.07, 6.45) is -1.81. The molecule has 1 aromatic heterocycles. The lowest BCUT2D eigenvalue weighted by Gasteiger charge is -2.36. The first kappa shape index (κ1) is 26.6. The van der Waals surface area contributed by atoms with Crippen LogP contribution in [0, 0.1) is 18.8 Å². The highest BCUT2D eigenvalue weighted by molar-refractivity contribution is 6.38. The van der Waals surface area contributed by atoms with Gasteiger partial charge in [0.05, 0.1) is 16.1 Å². The fourth-order valence-electron chi connectivity index (χ4n) is 5.35. The average Bonchev–Trinajstić information content (AvgIpc) is 3.11. The summed E-state index contributed by atoms with van der Waals surface area (Å²) in [7, 11) is 1.69. The number of Topliss-reactive ketones (excluding diaryl/α,β-unsaturated/α-hetero) is 1. The van der Waals surface area contributed by atoms with Crippen molar-refractivity contribution in [2.45, 2.75) is 39.8 Å². The van der Waals surface area contributed by atoms with E-state index in [0.717, 1.165) is 17.7 Å². The van der Waals surface area contributed by atoms with Crippen LogP contribution in [-0.2, 0) is 24.4 Å². The van der Waals surface area contributed by atoms with Gasteiger partial charge in [0.2, 0.25) is 0 Å². The van der Waals surface area contributed by atoms with Crippen LogP contribution in [0.4, 0.5) is 13.2 Å². The molecular weight excluding hydrogens is 512 g/mol.